The zero-order valence-corrected chi connectivity index (χ0v) is 32.7. The van der Waals surface area contributed by atoms with Crippen LogP contribution >= 0.6 is 0 Å². The van der Waals surface area contributed by atoms with Crippen molar-refractivity contribution < 1.29 is 0 Å². The summed E-state index contributed by atoms with van der Waals surface area (Å²) >= 11 is 0. The van der Waals surface area contributed by atoms with Crippen LogP contribution < -0.4 is 0 Å². The lowest BCUT2D eigenvalue weighted by molar-refractivity contribution is 1.07. The number of rotatable bonds is 7. The fraction of sp³-hybridized carbons (Fsp3) is 0. The van der Waals surface area contributed by atoms with Gasteiger partial charge < -0.3 is 0 Å². The predicted molar refractivity (Wildman–Crippen MR) is 250 cm³/mol. The van der Waals surface area contributed by atoms with E-state index in [9.17, 15) is 0 Å². The minimum Gasteiger partial charge on any atom is -0.208 e. The summed E-state index contributed by atoms with van der Waals surface area (Å²) < 4.78 is 0. The van der Waals surface area contributed by atoms with Crippen molar-refractivity contribution in [2.24, 2.45) is 0 Å². The third kappa shape index (κ3) is 6.21. The molecule has 11 aromatic rings. The van der Waals surface area contributed by atoms with Crippen LogP contribution in [0.5, 0.6) is 0 Å². The maximum Gasteiger partial charge on any atom is 0.164 e. The van der Waals surface area contributed by atoms with Gasteiger partial charge in [0.2, 0.25) is 0 Å². The third-order valence-electron chi connectivity index (χ3n) is 11.5. The second-order valence-electron chi connectivity index (χ2n) is 15.1. The Kier molecular flexibility index (Phi) is 8.83. The minimum atomic E-state index is 0.618. The average molecular weight is 764 g/mol. The van der Waals surface area contributed by atoms with E-state index in [1.807, 2.05) is 12.1 Å². The quantitative estimate of drug-likeness (QED) is 0.120. The van der Waals surface area contributed by atoms with E-state index in [4.69, 9.17) is 15.0 Å². The van der Waals surface area contributed by atoms with Gasteiger partial charge in [0.05, 0.1) is 0 Å². The van der Waals surface area contributed by atoms with E-state index in [-0.39, 0.29) is 0 Å². The Hall–Kier alpha value is -8.01. The molecule has 11 rings (SSSR count). The fourth-order valence-electron chi connectivity index (χ4n) is 8.79. The maximum atomic E-state index is 5.25. The first-order valence-corrected chi connectivity index (χ1v) is 20.4. The highest BCUT2D eigenvalue weighted by molar-refractivity contribution is 6.27. The van der Waals surface area contributed by atoms with Crippen LogP contribution in [0.1, 0.15) is 0 Å². The first-order chi connectivity index (χ1) is 29.8. The number of fused-ring (bicyclic) bond motifs is 4. The van der Waals surface area contributed by atoms with E-state index in [1.165, 1.54) is 49.0 Å². The van der Waals surface area contributed by atoms with Gasteiger partial charge in [0.25, 0.3) is 0 Å². The number of aromatic nitrogens is 3. The van der Waals surface area contributed by atoms with Crippen molar-refractivity contribution in [2.45, 2.75) is 0 Å². The highest BCUT2D eigenvalue weighted by Crippen LogP contribution is 2.46. The number of benzene rings is 10. The minimum absolute atomic E-state index is 0.618. The molecule has 0 radical (unpaired) electrons. The van der Waals surface area contributed by atoms with Crippen LogP contribution in [-0.2, 0) is 0 Å². The second kappa shape index (κ2) is 15.1. The van der Waals surface area contributed by atoms with E-state index < -0.39 is 0 Å². The molecule has 1 heterocycles. The number of hydrogen-bond donors (Lipinski definition) is 0. The van der Waals surface area contributed by atoms with Crippen molar-refractivity contribution in [2.75, 3.05) is 0 Å². The first-order valence-electron chi connectivity index (χ1n) is 20.4. The number of nitrogens with zero attached hydrogens (tertiary/aromatic N) is 3. The Morgan fingerprint density at radius 3 is 1.18 bits per heavy atom. The van der Waals surface area contributed by atoms with Crippen LogP contribution in [0.25, 0.3) is 111 Å². The van der Waals surface area contributed by atoms with Crippen LogP contribution in [0, 0.1) is 0 Å². The lowest BCUT2D eigenvalue weighted by Crippen LogP contribution is -2.02. The lowest BCUT2D eigenvalue weighted by Gasteiger charge is -2.19. The van der Waals surface area contributed by atoms with Gasteiger partial charge in [0, 0.05) is 16.7 Å². The molecule has 0 aliphatic carbocycles. The molecule has 0 spiro atoms. The lowest BCUT2D eigenvalue weighted by atomic mass is 9.84. The molecule has 0 amide bonds. The van der Waals surface area contributed by atoms with Crippen molar-refractivity contribution in [3.8, 4) is 78.7 Å². The normalized spacial score (nSPS) is 11.3. The van der Waals surface area contributed by atoms with Crippen molar-refractivity contribution in [3.05, 3.63) is 224 Å². The van der Waals surface area contributed by atoms with Gasteiger partial charge in [-0.25, -0.2) is 15.0 Å². The molecule has 1 aromatic heterocycles. The fourth-order valence-corrected chi connectivity index (χ4v) is 8.79. The predicted octanol–water partition coefficient (Wildman–Crippen LogP) is 15.0. The Bertz CT molecular complexity index is 3240. The molecule has 0 saturated heterocycles. The van der Waals surface area contributed by atoms with Crippen LogP contribution in [0.2, 0.25) is 0 Å². The van der Waals surface area contributed by atoms with Crippen LogP contribution in [0.4, 0.5) is 0 Å². The molecule has 0 N–H and O–H groups in total. The standard InChI is InChI=1S/C57H37N3/c1-4-18-38(19-5-1)44-25-12-16-30-49(44)56-58-55(59-57(60-56)50-31-17-13-26-45(50)39-20-6-2-7-21-39)43-34-32-42(33-35-43)52-47-28-14-15-29-48(47)53(41-23-8-3-9-24-41)54-46-27-11-10-22-40(46)36-37-51(52)54/h1-37H. The van der Waals surface area contributed by atoms with Crippen LogP contribution in [0.15, 0.2) is 224 Å². The summed E-state index contributed by atoms with van der Waals surface area (Å²) in [6, 6.07) is 79.4. The topological polar surface area (TPSA) is 38.7 Å². The van der Waals surface area contributed by atoms with Crippen molar-refractivity contribution in [3.63, 3.8) is 0 Å². The summed E-state index contributed by atoms with van der Waals surface area (Å²) in [7, 11) is 0. The summed E-state index contributed by atoms with van der Waals surface area (Å²) in [6.07, 6.45) is 0. The van der Waals surface area contributed by atoms with E-state index in [1.54, 1.807) is 0 Å². The summed E-state index contributed by atoms with van der Waals surface area (Å²) in [6.45, 7) is 0. The Balaban J connectivity index is 1.12. The van der Waals surface area contributed by atoms with Crippen LogP contribution in [-0.4, -0.2) is 15.0 Å². The summed E-state index contributed by atoms with van der Waals surface area (Å²) in [5.41, 5.74) is 12.0. The number of hydrogen-bond acceptors (Lipinski definition) is 3. The summed E-state index contributed by atoms with van der Waals surface area (Å²) in [5, 5.41) is 7.40. The molecule has 0 bridgehead atoms. The van der Waals surface area contributed by atoms with E-state index in [2.05, 4.69) is 212 Å². The molecule has 0 fully saturated rings. The first kappa shape index (κ1) is 35.2. The third-order valence-corrected chi connectivity index (χ3v) is 11.5. The maximum absolute atomic E-state index is 5.25. The van der Waals surface area contributed by atoms with Gasteiger partial charge in [-0.3, -0.25) is 0 Å². The van der Waals surface area contributed by atoms with Gasteiger partial charge in [-0.2, -0.15) is 0 Å². The molecule has 280 valence electrons. The molecule has 60 heavy (non-hydrogen) atoms. The van der Waals surface area contributed by atoms with Gasteiger partial charge in [0.15, 0.2) is 17.5 Å². The summed E-state index contributed by atoms with van der Waals surface area (Å²) in [4.78, 5) is 15.7. The van der Waals surface area contributed by atoms with E-state index >= 15 is 0 Å². The van der Waals surface area contributed by atoms with Crippen molar-refractivity contribution in [1.82, 2.24) is 15.0 Å². The van der Waals surface area contributed by atoms with E-state index in [0.717, 1.165) is 44.5 Å². The molecule has 0 atom stereocenters. The molecular formula is C57H37N3. The molecule has 3 heteroatoms. The molecule has 0 aliphatic heterocycles. The smallest absolute Gasteiger partial charge is 0.164 e. The molecular weight excluding hydrogens is 727 g/mol. The molecule has 0 saturated carbocycles. The molecule has 0 aliphatic rings. The van der Waals surface area contributed by atoms with E-state index in [0.29, 0.717) is 17.5 Å². The zero-order chi connectivity index (χ0) is 39.8. The molecule has 10 aromatic carbocycles. The van der Waals surface area contributed by atoms with Gasteiger partial charge in [0.1, 0.15) is 0 Å². The highest BCUT2D eigenvalue weighted by atomic mass is 15.0. The Morgan fingerprint density at radius 2 is 0.617 bits per heavy atom. The summed E-state index contributed by atoms with van der Waals surface area (Å²) in [5.74, 6) is 1.87. The monoisotopic (exact) mass is 763 g/mol. The van der Waals surface area contributed by atoms with Crippen LogP contribution in [0.3, 0.4) is 0 Å². The Morgan fingerprint density at radius 1 is 0.217 bits per heavy atom. The SMILES string of the molecule is c1ccc(-c2ccccc2-c2nc(-c3ccc(-c4c5ccccc5c(-c5ccccc5)c5c4ccc4ccccc45)cc3)nc(-c3ccccc3-c3ccccc3)n2)cc1. The average Bonchev–Trinajstić information content (AvgIpc) is 3.34. The second-order valence-corrected chi connectivity index (χ2v) is 15.1. The Labute approximate surface area is 349 Å². The highest BCUT2D eigenvalue weighted by Gasteiger charge is 2.21. The molecule has 0 unspecified atom stereocenters. The van der Waals surface area contributed by atoms with Gasteiger partial charge in [-0.15, -0.1) is 0 Å². The van der Waals surface area contributed by atoms with Crippen molar-refractivity contribution in [1.29, 1.82) is 0 Å². The largest absolute Gasteiger partial charge is 0.208 e. The zero-order valence-electron chi connectivity index (χ0n) is 32.7. The van der Waals surface area contributed by atoms with Gasteiger partial charge in [-0.1, -0.05) is 224 Å². The van der Waals surface area contributed by atoms with Gasteiger partial charge in [-0.05, 0) is 76.8 Å². The van der Waals surface area contributed by atoms with Gasteiger partial charge >= 0.3 is 0 Å². The molecule has 3 nitrogen and oxygen atoms in total. The van der Waals surface area contributed by atoms with Crippen molar-refractivity contribution >= 4 is 32.3 Å².